The number of carbonyl (C=O) groups is 1. The number of benzene rings is 1. The highest BCUT2D eigenvalue weighted by Crippen LogP contribution is 2.37. The highest BCUT2D eigenvalue weighted by atomic mass is 32.2. The molecule has 18 heavy (non-hydrogen) atoms. The van der Waals surface area contributed by atoms with E-state index in [0.717, 1.165) is 22.9 Å². The predicted octanol–water partition coefficient (Wildman–Crippen LogP) is 1.35. The standard InChI is InChI=1S/C13H18N2O2S/c1-14(2)6-7-18-9-4-5-10-11(8-9)15(3)13(17)12(10)16/h4-5,8,12,16H,6-7H2,1-3H3. The van der Waals surface area contributed by atoms with Crippen LogP contribution < -0.4 is 4.90 Å². The quantitative estimate of drug-likeness (QED) is 0.836. The molecule has 1 aromatic carbocycles. The minimum atomic E-state index is -0.995. The Kier molecular flexibility index (Phi) is 3.94. The zero-order valence-corrected chi connectivity index (χ0v) is 11.7. The number of rotatable bonds is 4. The van der Waals surface area contributed by atoms with Crippen LogP contribution in [0.3, 0.4) is 0 Å². The number of anilines is 1. The molecule has 0 saturated carbocycles. The molecule has 4 nitrogen and oxygen atoms in total. The molecule has 1 aliphatic heterocycles. The van der Waals surface area contributed by atoms with E-state index in [9.17, 15) is 9.90 Å². The Morgan fingerprint density at radius 3 is 2.83 bits per heavy atom. The molecule has 0 saturated heterocycles. The topological polar surface area (TPSA) is 43.8 Å². The molecule has 2 rings (SSSR count). The van der Waals surface area contributed by atoms with E-state index in [1.54, 1.807) is 18.8 Å². The summed E-state index contributed by atoms with van der Waals surface area (Å²) < 4.78 is 0. The highest BCUT2D eigenvalue weighted by molar-refractivity contribution is 7.99. The van der Waals surface area contributed by atoms with Gasteiger partial charge in [0.15, 0.2) is 6.10 Å². The molecule has 1 aromatic rings. The lowest BCUT2D eigenvalue weighted by atomic mass is 10.1. The first-order valence-corrected chi connectivity index (χ1v) is 6.86. The van der Waals surface area contributed by atoms with Crippen molar-refractivity contribution in [1.29, 1.82) is 0 Å². The van der Waals surface area contributed by atoms with Gasteiger partial charge in [0.2, 0.25) is 0 Å². The molecule has 0 spiro atoms. The first kappa shape index (κ1) is 13.4. The van der Waals surface area contributed by atoms with Crippen molar-refractivity contribution in [3.05, 3.63) is 23.8 Å². The van der Waals surface area contributed by atoms with Gasteiger partial charge in [0.1, 0.15) is 0 Å². The van der Waals surface area contributed by atoms with Crippen molar-refractivity contribution in [3.8, 4) is 0 Å². The lowest BCUT2D eigenvalue weighted by molar-refractivity contribution is -0.125. The van der Waals surface area contributed by atoms with Gasteiger partial charge in [-0.3, -0.25) is 4.79 Å². The van der Waals surface area contributed by atoms with Gasteiger partial charge in [0.25, 0.3) is 5.91 Å². The van der Waals surface area contributed by atoms with Crippen molar-refractivity contribution in [2.24, 2.45) is 0 Å². The summed E-state index contributed by atoms with van der Waals surface area (Å²) in [6.07, 6.45) is -0.995. The number of hydrogen-bond acceptors (Lipinski definition) is 4. The van der Waals surface area contributed by atoms with Crippen molar-refractivity contribution in [3.63, 3.8) is 0 Å². The maximum absolute atomic E-state index is 11.6. The zero-order chi connectivity index (χ0) is 13.3. The second-order valence-corrected chi connectivity index (χ2v) is 5.84. The summed E-state index contributed by atoms with van der Waals surface area (Å²) in [4.78, 5) is 16.4. The summed E-state index contributed by atoms with van der Waals surface area (Å²) in [5, 5.41) is 9.76. The molecule has 1 heterocycles. The number of aliphatic hydroxyl groups is 1. The van der Waals surface area contributed by atoms with Crippen LogP contribution in [-0.2, 0) is 4.79 Å². The maximum Gasteiger partial charge on any atom is 0.260 e. The molecular formula is C13H18N2O2S. The summed E-state index contributed by atoms with van der Waals surface area (Å²) >= 11 is 1.76. The van der Waals surface area contributed by atoms with E-state index in [4.69, 9.17) is 0 Å². The minimum Gasteiger partial charge on any atom is -0.378 e. The fraction of sp³-hybridized carbons (Fsp3) is 0.462. The first-order chi connectivity index (χ1) is 8.50. The molecule has 5 heteroatoms. The Hall–Kier alpha value is -1.04. The van der Waals surface area contributed by atoms with Gasteiger partial charge in [0.05, 0.1) is 5.69 Å². The van der Waals surface area contributed by atoms with E-state index in [-0.39, 0.29) is 5.91 Å². The number of aliphatic hydroxyl groups excluding tert-OH is 1. The van der Waals surface area contributed by atoms with Crippen LogP contribution in [0.15, 0.2) is 23.1 Å². The molecule has 0 fully saturated rings. The third-order valence-electron chi connectivity index (χ3n) is 3.03. The number of fused-ring (bicyclic) bond motifs is 1. The van der Waals surface area contributed by atoms with Crippen molar-refractivity contribution in [1.82, 2.24) is 4.90 Å². The largest absolute Gasteiger partial charge is 0.378 e. The Morgan fingerprint density at radius 2 is 2.17 bits per heavy atom. The van der Waals surface area contributed by atoms with Crippen LogP contribution in [-0.4, -0.2) is 49.4 Å². The van der Waals surface area contributed by atoms with Crippen LogP contribution in [0.5, 0.6) is 0 Å². The van der Waals surface area contributed by atoms with Crippen molar-refractivity contribution in [2.45, 2.75) is 11.0 Å². The Balaban J connectivity index is 2.11. The van der Waals surface area contributed by atoms with Gasteiger partial charge in [-0.2, -0.15) is 0 Å². The maximum atomic E-state index is 11.6. The van der Waals surface area contributed by atoms with Crippen LogP contribution in [0.1, 0.15) is 11.7 Å². The van der Waals surface area contributed by atoms with Gasteiger partial charge < -0.3 is 14.9 Å². The molecule has 0 radical (unpaired) electrons. The number of nitrogens with zero attached hydrogens (tertiary/aromatic N) is 2. The van der Waals surface area contributed by atoms with Gasteiger partial charge in [0, 0.05) is 29.8 Å². The fourth-order valence-electron chi connectivity index (χ4n) is 1.92. The van der Waals surface area contributed by atoms with Gasteiger partial charge >= 0.3 is 0 Å². The van der Waals surface area contributed by atoms with Gasteiger partial charge in [-0.15, -0.1) is 11.8 Å². The Bertz CT molecular complexity index is 462. The van der Waals surface area contributed by atoms with Crippen molar-refractivity contribution in [2.75, 3.05) is 38.3 Å². The normalized spacial score (nSPS) is 18.6. The van der Waals surface area contributed by atoms with Crippen molar-refractivity contribution < 1.29 is 9.90 Å². The van der Waals surface area contributed by atoms with E-state index >= 15 is 0 Å². The first-order valence-electron chi connectivity index (χ1n) is 5.88. The van der Waals surface area contributed by atoms with E-state index in [1.165, 1.54) is 4.90 Å². The summed E-state index contributed by atoms with van der Waals surface area (Å²) in [5.74, 6) is 0.756. The molecule has 1 N–H and O–H groups in total. The van der Waals surface area contributed by atoms with Crippen LogP contribution in [0.4, 0.5) is 5.69 Å². The molecular weight excluding hydrogens is 248 g/mol. The summed E-state index contributed by atoms with van der Waals surface area (Å²) in [7, 11) is 5.80. The van der Waals surface area contributed by atoms with E-state index in [1.807, 2.05) is 32.3 Å². The lowest BCUT2D eigenvalue weighted by Crippen LogP contribution is -2.23. The second kappa shape index (κ2) is 5.30. The van der Waals surface area contributed by atoms with Crippen LogP contribution in [0, 0.1) is 0 Å². The summed E-state index contributed by atoms with van der Waals surface area (Å²) in [6.45, 7) is 1.01. The average Bonchev–Trinajstić information content (AvgIpc) is 2.54. The van der Waals surface area contributed by atoms with Gasteiger partial charge in [-0.05, 0) is 26.2 Å². The van der Waals surface area contributed by atoms with E-state index in [0.29, 0.717) is 5.56 Å². The molecule has 98 valence electrons. The molecule has 0 bridgehead atoms. The SMILES string of the molecule is CN(C)CCSc1ccc2c(c1)N(C)C(=O)C2O. The predicted molar refractivity (Wildman–Crippen MR) is 74.1 cm³/mol. The molecule has 0 aromatic heterocycles. The van der Waals surface area contributed by atoms with Gasteiger partial charge in [-0.25, -0.2) is 0 Å². The van der Waals surface area contributed by atoms with Crippen LogP contribution in [0.2, 0.25) is 0 Å². The smallest absolute Gasteiger partial charge is 0.260 e. The third-order valence-corrected chi connectivity index (χ3v) is 4.00. The number of amides is 1. The number of hydrogen-bond donors (Lipinski definition) is 1. The lowest BCUT2D eigenvalue weighted by Gasteiger charge is -2.12. The monoisotopic (exact) mass is 266 g/mol. The van der Waals surface area contributed by atoms with E-state index < -0.39 is 6.10 Å². The molecule has 1 amide bonds. The molecule has 1 aliphatic rings. The Labute approximate surface area is 112 Å². The highest BCUT2D eigenvalue weighted by Gasteiger charge is 2.33. The van der Waals surface area contributed by atoms with Gasteiger partial charge in [-0.1, -0.05) is 6.07 Å². The van der Waals surface area contributed by atoms with E-state index in [2.05, 4.69) is 4.90 Å². The minimum absolute atomic E-state index is 0.250. The average molecular weight is 266 g/mol. The molecule has 1 atom stereocenters. The molecule has 1 unspecified atom stereocenters. The number of likely N-dealkylation sites (N-methyl/N-ethyl adjacent to an activating group) is 1. The van der Waals surface area contributed by atoms with Crippen LogP contribution in [0.25, 0.3) is 0 Å². The molecule has 0 aliphatic carbocycles. The summed E-state index contributed by atoms with van der Waals surface area (Å²) in [6, 6.07) is 5.79. The van der Waals surface area contributed by atoms with Crippen molar-refractivity contribution >= 4 is 23.4 Å². The zero-order valence-electron chi connectivity index (χ0n) is 10.9. The van der Waals surface area contributed by atoms with Crippen LogP contribution >= 0.6 is 11.8 Å². The Morgan fingerprint density at radius 1 is 1.44 bits per heavy atom. The third kappa shape index (κ3) is 2.53. The summed E-state index contributed by atoms with van der Waals surface area (Å²) in [5.41, 5.74) is 1.53. The fourth-order valence-corrected chi connectivity index (χ4v) is 2.97. The number of thioether (sulfide) groups is 1. The second-order valence-electron chi connectivity index (χ2n) is 4.67. The number of carbonyl (C=O) groups excluding carboxylic acids is 1.